The molecule has 0 aliphatic carbocycles. The molecule has 1 aliphatic heterocycles. The number of aromatic nitrogens is 4. The van der Waals surface area contributed by atoms with Gasteiger partial charge in [0, 0.05) is 31.7 Å². The Morgan fingerprint density at radius 3 is 2.58 bits per heavy atom. The number of tetrazole rings is 1. The van der Waals surface area contributed by atoms with Crippen LogP contribution in [0.1, 0.15) is 17.2 Å². The highest BCUT2D eigenvalue weighted by Gasteiger charge is 2.27. The lowest BCUT2D eigenvalue weighted by molar-refractivity contribution is -0.134. The molecule has 0 N–H and O–H groups in total. The summed E-state index contributed by atoms with van der Waals surface area (Å²) in [5, 5.41) is 21.8. The summed E-state index contributed by atoms with van der Waals surface area (Å²) in [5.41, 5.74) is 2.10. The van der Waals surface area contributed by atoms with Crippen molar-refractivity contribution in [3.05, 3.63) is 65.5 Å². The molecule has 0 bridgehead atoms. The first-order valence-corrected chi connectivity index (χ1v) is 10.1. The highest BCUT2D eigenvalue weighted by molar-refractivity contribution is 5.76. The number of carbonyl (C=O) groups is 1. The Kier molecular flexibility index (Phi) is 6.00. The van der Waals surface area contributed by atoms with Crippen molar-refractivity contribution in [3.63, 3.8) is 0 Å². The van der Waals surface area contributed by atoms with Crippen LogP contribution in [-0.4, -0.2) is 62.1 Å². The molecule has 1 aromatic heterocycles. The lowest BCUT2D eigenvalue weighted by Crippen LogP contribution is -2.50. The van der Waals surface area contributed by atoms with E-state index in [0.29, 0.717) is 43.1 Å². The standard InChI is InChI=1S/C22H22FN7O/c1-16-13-18(7-8-19(16)23)22-25-27-30(26-22)15-21(31)29-11-9-28(10-12-29)20(14-24)17-5-3-2-4-6-17/h2-8,13,20H,9-12,15H2,1H3. The van der Waals surface area contributed by atoms with E-state index >= 15 is 0 Å². The number of piperazine rings is 1. The maximum Gasteiger partial charge on any atom is 0.246 e. The average Bonchev–Trinajstić information content (AvgIpc) is 3.26. The second kappa shape index (κ2) is 9.02. The summed E-state index contributed by atoms with van der Waals surface area (Å²) >= 11 is 0. The highest BCUT2D eigenvalue weighted by Crippen LogP contribution is 2.21. The van der Waals surface area contributed by atoms with Gasteiger partial charge in [-0.1, -0.05) is 30.3 Å². The summed E-state index contributed by atoms with van der Waals surface area (Å²) in [7, 11) is 0. The number of nitrogens with zero attached hydrogens (tertiary/aromatic N) is 7. The largest absolute Gasteiger partial charge is 0.338 e. The van der Waals surface area contributed by atoms with Gasteiger partial charge in [0.25, 0.3) is 0 Å². The van der Waals surface area contributed by atoms with Crippen LogP contribution >= 0.6 is 0 Å². The van der Waals surface area contributed by atoms with Crippen molar-refractivity contribution >= 4 is 5.91 Å². The van der Waals surface area contributed by atoms with E-state index in [9.17, 15) is 14.4 Å². The molecule has 0 spiro atoms. The monoisotopic (exact) mass is 419 g/mol. The van der Waals surface area contributed by atoms with Gasteiger partial charge in [0.15, 0.2) is 0 Å². The van der Waals surface area contributed by atoms with Crippen LogP contribution in [0.3, 0.4) is 0 Å². The first kappa shape index (κ1) is 20.6. The van der Waals surface area contributed by atoms with Crippen LogP contribution in [0.5, 0.6) is 0 Å². The summed E-state index contributed by atoms with van der Waals surface area (Å²) in [5.74, 6) is -0.0519. The number of carbonyl (C=O) groups excluding carboxylic acids is 1. The van der Waals surface area contributed by atoms with Crippen LogP contribution in [0.2, 0.25) is 0 Å². The molecule has 9 heteroatoms. The van der Waals surface area contributed by atoms with E-state index in [1.54, 1.807) is 24.0 Å². The Hall–Kier alpha value is -3.64. The lowest BCUT2D eigenvalue weighted by Gasteiger charge is -2.36. The third-order valence-corrected chi connectivity index (χ3v) is 5.42. The molecule has 0 radical (unpaired) electrons. The summed E-state index contributed by atoms with van der Waals surface area (Å²) in [6, 6.07) is 16.3. The van der Waals surface area contributed by atoms with Crippen LogP contribution in [-0.2, 0) is 11.3 Å². The summed E-state index contributed by atoms with van der Waals surface area (Å²) in [6.07, 6.45) is 0. The highest BCUT2D eigenvalue weighted by atomic mass is 19.1. The van der Waals surface area contributed by atoms with E-state index in [-0.39, 0.29) is 24.3 Å². The van der Waals surface area contributed by atoms with Crippen molar-refractivity contribution in [2.75, 3.05) is 26.2 Å². The Morgan fingerprint density at radius 2 is 1.90 bits per heavy atom. The molecule has 1 saturated heterocycles. The Bertz CT molecular complexity index is 1100. The van der Waals surface area contributed by atoms with E-state index in [4.69, 9.17) is 0 Å². The average molecular weight is 419 g/mol. The van der Waals surface area contributed by atoms with Gasteiger partial charge in [-0.2, -0.15) is 10.1 Å². The molecule has 8 nitrogen and oxygen atoms in total. The third-order valence-electron chi connectivity index (χ3n) is 5.42. The van der Waals surface area contributed by atoms with Crippen molar-refractivity contribution in [2.45, 2.75) is 19.5 Å². The van der Waals surface area contributed by atoms with E-state index < -0.39 is 0 Å². The molecule has 1 amide bonds. The molecule has 158 valence electrons. The first-order valence-electron chi connectivity index (χ1n) is 10.1. The molecule has 2 aromatic carbocycles. The molecule has 4 rings (SSSR count). The van der Waals surface area contributed by atoms with Crippen molar-refractivity contribution in [2.24, 2.45) is 0 Å². The minimum absolute atomic E-state index is 0.0203. The van der Waals surface area contributed by atoms with Gasteiger partial charge in [0.2, 0.25) is 11.7 Å². The van der Waals surface area contributed by atoms with Crippen LogP contribution in [0, 0.1) is 24.1 Å². The van der Waals surface area contributed by atoms with Crippen LogP contribution < -0.4 is 0 Å². The second-order valence-corrected chi connectivity index (χ2v) is 7.47. The summed E-state index contributed by atoms with van der Waals surface area (Å²) in [4.78, 5) is 17.8. The minimum atomic E-state index is -0.322. The number of benzene rings is 2. The van der Waals surface area contributed by atoms with Crippen molar-refractivity contribution in [3.8, 4) is 17.5 Å². The smallest absolute Gasteiger partial charge is 0.246 e. The zero-order chi connectivity index (χ0) is 21.8. The molecule has 3 aromatic rings. The predicted molar refractivity (Wildman–Crippen MR) is 111 cm³/mol. The zero-order valence-corrected chi connectivity index (χ0v) is 17.1. The second-order valence-electron chi connectivity index (χ2n) is 7.47. The molecule has 1 fully saturated rings. The van der Waals surface area contributed by atoms with Crippen LogP contribution in [0.25, 0.3) is 11.4 Å². The van der Waals surface area contributed by atoms with E-state index in [1.807, 2.05) is 30.3 Å². The summed E-state index contributed by atoms with van der Waals surface area (Å²) < 4.78 is 13.5. The summed E-state index contributed by atoms with van der Waals surface area (Å²) in [6.45, 7) is 3.94. The van der Waals surface area contributed by atoms with Gasteiger partial charge < -0.3 is 4.90 Å². The third kappa shape index (κ3) is 4.59. The van der Waals surface area contributed by atoms with Crippen LogP contribution in [0.4, 0.5) is 4.39 Å². The van der Waals surface area contributed by atoms with Gasteiger partial charge >= 0.3 is 0 Å². The molecular formula is C22H22FN7O. The van der Waals surface area contributed by atoms with Crippen molar-refractivity contribution in [1.82, 2.24) is 30.0 Å². The molecule has 1 atom stereocenters. The fourth-order valence-electron chi connectivity index (χ4n) is 3.66. The van der Waals surface area contributed by atoms with Crippen molar-refractivity contribution < 1.29 is 9.18 Å². The Labute approximate surface area is 179 Å². The van der Waals surface area contributed by atoms with Gasteiger partial charge in [-0.05, 0) is 41.5 Å². The number of halogens is 1. The number of rotatable bonds is 5. The Balaban J connectivity index is 1.35. The van der Waals surface area contributed by atoms with Gasteiger partial charge in [-0.25, -0.2) is 4.39 Å². The number of hydrogen-bond acceptors (Lipinski definition) is 6. The predicted octanol–water partition coefficient (Wildman–Crippen LogP) is 2.20. The zero-order valence-electron chi connectivity index (χ0n) is 17.1. The quantitative estimate of drug-likeness (QED) is 0.630. The fourth-order valence-corrected chi connectivity index (χ4v) is 3.66. The van der Waals surface area contributed by atoms with E-state index in [1.165, 1.54) is 10.9 Å². The maximum absolute atomic E-state index is 13.5. The SMILES string of the molecule is Cc1cc(-c2nnn(CC(=O)N3CCN(C(C#N)c4ccccc4)CC3)n2)ccc1F. The molecule has 1 unspecified atom stereocenters. The normalized spacial score (nSPS) is 15.5. The molecule has 31 heavy (non-hydrogen) atoms. The fraction of sp³-hybridized carbons (Fsp3) is 0.318. The van der Waals surface area contributed by atoms with Gasteiger partial charge in [0.05, 0.1) is 6.07 Å². The number of amides is 1. The molecular weight excluding hydrogens is 397 g/mol. The molecule has 0 saturated carbocycles. The van der Waals surface area contributed by atoms with Gasteiger partial charge in [-0.15, -0.1) is 10.2 Å². The van der Waals surface area contributed by atoms with Crippen molar-refractivity contribution in [1.29, 1.82) is 5.26 Å². The Morgan fingerprint density at radius 1 is 1.16 bits per heavy atom. The molecule has 2 heterocycles. The van der Waals surface area contributed by atoms with Crippen LogP contribution in [0.15, 0.2) is 48.5 Å². The lowest BCUT2D eigenvalue weighted by atomic mass is 10.1. The van der Waals surface area contributed by atoms with Gasteiger partial charge in [-0.3, -0.25) is 9.69 Å². The van der Waals surface area contributed by atoms with Gasteiger partial charge in [0.1, 0.15) is 18.4 Å². The first-order chi connectivity index (χ1) is 15.0. The topological polar surface area (TPSA) is 90.9 Å². The maximum atomic E-state index is 13.5. The number of nitriles is 1. The number of hydrogen-bond donors (Lipinski definition) is 0. The number of aryl methyl sites for hydroxylation is 1. The minimum Gasteiger partial charge on any atom is -0.338 e. The van der Waals surface area contributed by atoms with E-state index in [2.05, 4.69) is 26.4 Å². The van der Waals surface area contributed by atoms with E-state index in [0.717, 1.165) is 5.56 Å². The molecule has 1 aliphatic rings.